The summed E-state index contributed by atoms with van der Waals surface area (Å²) in [6.45, 7) is 3.85. The highest BCUT2D eigenvalue weighted by Crippen LogP contribution is 2.25. The fourth-order valence-electron chi connectivity index (χ4n) is 3.14. The first-order chi connectivity index (χ1) is 14.5. The van der Waals surface area contributed by atoms with Gasteiger partial charge in [-0.05, 0) is 38.1 Å². The van der Waals surface area contributed by atoms with Crippen LogP contribution in [0.3, 0.4) is 0 Å². The van der Waals surface area contributed by atoms with E-state index in [0.29, 0.717) is 23.8 Å². The van der Waals surface area contributed by atoms with Gasteiger partial charge in [-0.25, -0.2) is 4.68 Å². The monoisotopic (exact) mass is 422 g/mol. The zero-order chi connectivity index (χ0) is 21.1. The number of para-hydroxylation sites is 1. The maximum atomic E-state index is 12.5. The first-order valence-electron chi connectivity index (χ1n) is 9.52. The van der Waals surface area contributed by atoms with Crippen molar-refractivity contribution in [3.05, 3.63) is 60.1 Å². The number of amides is 1. The molecule has 9 heteroatoms. The molecular formula is C21H22N6O2S. The van der Waals surface area contributed by atoms with Crippen LogP contribution in [0.25, 0.3) is 17.3 Å². The first kappa shape index (κ1) is 20.0. The number of thioether (sulfide) groups is 1. The molecule has 4 rings (SSSR count). The van der Waals surface area contributed by atoms with Crippen molar-refractivity contribution in [1.29, 1.82) is 0 Å². The average molecular weight is 423 g/mol. The minimum Gasteiger partial charge on any atom is -0.461 e. The van der Waals surface area contributed by atoms with Crippen LogP contribution in [-0.4, -0.2) is 36.2 Å². The van der Waals surface area contributed by atoms with E-state index in [-0.39, 0.29) is 5.91 Å². The molecule has 0 bridgehead atoms. The predicted octanol–water partition coefficient (Wildman–Crippen LogP) is 4.00. The van der Waals surface area contributed by atoms with Crippen LogP contribution in [0, 0.1) is 13.8 Å². The molecule has 0 aliphatic rings. The van der Waals surface area contributed by atoms with Gasteiger partial charge in [-0.3, -0.25) is 4.79 Å². The predicted molar refractivity (Wildman–Crippen MR) is 116 cm³/mol. The normalized spacial score (nSPS) is 11.0. The topological polar surface area (TPSA) is 90.8 Å². The van der Waals surface area contributed by atoms with E-state index in [2.05, 4.69) is 20.6 Å². The third-order valence-corrected chi connectivity index (χ3v) is 5.72. The Morgan fingerprint density at radius 3 is 2.67 bits per heavy atom. The number of aryl methyl sites for hydroxylation is 1. The van der Waals surface area contributed by atoms with Gasteiger partial charge in [0.2, 0.25) is 5.91 Å². The summed E-state index contributed by atoms with van der Waals surface area (Å²) in [7, 11) is 1.88. The number of hydrogen-bond acceptors (Lipinski definition) is 6. The summed E-state index contributed by atoms with van der Waals surface area (Å²) in [5, 5.41) is 16.7. The molecule has 0 fully saturated rings. The summed E-state index contributed by atoms with van der Waals surface area (Å²) in [4.78, 5) is 12.5. The highest BCUT2D eigenvalue weighted by molar-refractivity contribution is 7.99. The van der Waals surface area contributed by atoms with Gasteiger partial charge in [0.25, 0.3) is 0 Å². The number of nitrogens with zero attached hydrogens (tertiary/aromatic N) is 5. The third kappa shape index (κ3) is 4.02. The van der Waals surface area contributed by atoms with Gasteiger partial charge in [0.1, 0.15) is 0 Å². The smallest absolute Gasteiger partial charge is 0.225 e. The Bertz CT molecular complexity index is 1150. The molecule has 0 unspecified atom stereocenters. The summed E-state index contributed by atoms with van der Waals surface area (Å²) in [5.74, 6) is 1.85. The second-order valence-electron chi connectivity index (χ2n) is 6.78. The second-order valence-corrected chi connectivity index (χ2v) is 7.84. The Balaban J connectivity index is 1.37. The lowest BCUT2D eigenvalue weighted by Crippen LogP contribution is -2.13. The number of furan rings is 1. The van der Waals surface area contributed by atoms with E-state index in [1.165, 1.54) is 11.8 Å². The molecule has 1 aromatic carbocycles. The lowest BCUT2D eigenvalue weighted by molar-refractivity contribution is -0.115. The number of benzene rings is 1. The SMILES string of the molecule is Cc1nn(-c2ccccc2)c(C)c1NC(=O)CCSc1nnc(-c2ccco2)n1C. The highest BCUT2D eigenvalue weighted by Gasteiger charge is 2.16. The van der Waals surface area contributed by atoms with Crippen LogP contribution in [0.15, 0.2) is 58.3 Å². The van der Waals surface area contributed by atoms with Crippen molar-refractivity contribution in [2.24, 2.45) is 7.05 Å². The number of nitrogens with one attached hydrogen (secondary N) is 1. The molecule has 0 atom stereocenters. The van der Waals surface area contributed by atoms with Crippen molar-refractivity contribution in [3.8, 4) is 17.3 Å². The van der Waals surface area contributed by atoms with Gasteiger partial charge in [-0.2, -0.15) is 5.10 Å². The van der Waals surface area contributed by atoms with Gasteiger partial charge in [-0.15, -0.1) is 10.2 Å². The Hall–Kier alpha value is -3.33. The fraction of sp³-hybridized carbons (Fsp3) is 0.238. The van der Waals surface area contributed by atoms with Crippen LogP contribution in [0.5, 0.6) is 0 Å². The molecule has 154 valence electrons. The van der Waals surface area contributed by atoms with Crippen LogP contribution in [0.2, 0.25) is 0 Å². The summed E-state index contributed by atoms with van der Waals surface area (Å²) in [6, 6.07) is 13.5. The number of carbonyl (C=O) groups excluding carboxylic acids is 1. The van der Waals surface area contributed by atoms with E-state index in [0.717, 1.165) is 27.9 Å². The van der Waals surface area contributed by atoms with E-state index in [4.69, 9.17) is 4.42 Å². The lowest BCUT2D eigenvalue weighted by atomic mass is 10.3. The highest BCUT2D eigenvalue weighted by atomic mass is 32.2. The van der Waals surface area contributed by atoms with Crippen molar-refractivity contribution in [1.82, 2.24) is 24.5 Å². The first-order valence-corrected chi connectivity index (χ1v) is 10.5. The standard InChI is InChI=1S/C21H22N6O2S/c1-14-19(15(2)27(25-14)16-8-5-4-6-9-16)22-18(28)11-13-30-21-24-23-20(26(21)3)17-10-7-12-29-17/h4-10,12H,11,13H2,1-3H3,(H,22,28). The molecule has 0 saturated carbocycles. The van der Waals surface area contributed by atoms with Crippen LogP contribution >= 0.6 is 11.8 Å². The van der Waals surface area contributed by atoms with E-state index >= 15 is 0 Å². The molecular weight excluding hydrogens is 400 g/mol. The lowest BCUT2D eigenvalue weighted by Gasteiger charge is -2.07. The van der Waals surface area contributed by atoms with Crippen molar-refractivity contribution in [2.75, 3.05) is 11.1 Å². The summed E-state index contributed by atoms with van der Waals surface area (Å²) in [6.07, 6.45) is 1.95. The molecule has 3 aromatic heterocycles. The molecule has 0 spiro atoms. The molecule has 1 N–H and O–H groups in total. The second kappa shape index (κ2) is 8.58. The molecule has 1 amide bonds. The third-order valence-electron chi connectivity index (χ3n) is 4.69. The minimum atomic E-state index is -0.0604. The van der Waals surface area contributed by atoms with Crippen LogP contribution in [-0.2, 0) is 11.8 Å². The zero-order valence-corrected chi connectivity index (χ0v) is 17.8. The van der Waals surface area contributed by atoms with E-state index in [1.54, 1.807) is 6.26 Å². The Kier molecular flexibility index (Phi) is 5.71. The van der Waals surface area contributed by atoms with Crippen molar-refractivity contribution < 1.29 is 9.21 Å². The molecule has 3 heterocycles. The van der Waals surface area contributed by atoms with Gasteiger partial charge in [-0.1, -0.05) is 30.0 Å². The zero-order valence-electron chi connectivity index (χ0n) is 17.0. The number of aromatic nitrogens is 5. The number of hydrogen-bond donors (Lipinski definition) is 1. The molecule has 8 nitrogen and oxygen atoms in total. The van der Waals surface area contributed by atoms with Gasteiger partial charge in [0.15, 0.2) is 16.7 Å². The minimum absolute atomic E-state index is 0.0604. The van der Waals surface area contributed by atoms with Gasteiger partial charge >= 0.3 is 0 Å². The van der Waals surface area contributed by atoms with E-state index < -0.39 is 0 Å². The Morgan fingerprint density at radius 2 is 1.93 bits per heavy atom. The van der Waals surface area contributed by atoms with Crippen molar-refractivity contribution in [2.45, 2.75) is 25.4 Å². The molecule has 0 saturated heterocycles. The molecule has 30 heavy (non-hydrogen) atoms. The largest absolute Gasteiger partial charge is 0.461 e. The number of anilines is 1. The summed E-state index contributed by atoms with van der Waals surface area (Å²) >= 11 is 1.48. The molecule has 0 radical (unpaired) electrons. The fourth-order valence-corrected chi connectivity index (χ4v) is 3.99. The van der Waals surface area contributed by atoms with Crippen molar-refractivity contribution >= 4 is 23.4 Å². The summed E-state index contributed by atoms with van der Waals surface area (Å²) in [5.41, 5.74) is 3.40. The van der Waals surface area contributed by atoms with Gasteiger partial charge in [0, 0.05) is 19.2 Å². The van der Waals surface area contributed by atoms with Gasteiger partial charge in [0.05, 0.1) is 29.0 Å². The van der Waals surface area contributed by atoms with Crippen molar-refractivity contribution in [3.63, 3.8) is 0 Å². The molecule has 0 aliphatic carbocycles. The van der Waals surface area contributed by atoms with Gasteiger partial charge < -0.3 is 14.3 Å². The maximum Gasteiger partial charge on any atom is 0.225 e. The van der Waals surface area contributed by atoms with E-state index in [1.807, 2.05) is 72.6 Å². The molecule has 4 aromatic rings. The Labute approximate surface area is 178 Å². The van der Waals surface area contributed by atoms with E-state index in [9.17, 15) is 4.79 Å². The maximum absolute atomic E-state index is 12.5. The number of carbonyl (C=O) groups is 1. The quantitative estimate of drug-likeness (QED) is 0.453. The molecule has 0 aliphatic heterocycles. The summed E-state index contributed by atoms with van der Waals surface area (Å²) < 4.78 is 9.08. The Morgan fingerprint density at radius 1 is 1.13 bits per heavy atom. The van der Waals surface area contributed by atoms with Crippen LogP contribution in [0.1, 0.15) is 17.8 Å². The average Bonchev–Trinajstić information content (AvgIpc) is 3.46. The van der Waals surface area contributed by atoms with Crippen LogP contribution < -0.4 is 5.32 Å². The van der Waals surface area contributed by atoms with Crippen LogP contribution in [0.4, 0.5) is 5.69 Å². The number of rotatable bonds is 7.